The van der Waals surface area contributed by atoms with Gasteiger partial charge in [0.05, 0.1) is 25.3 Å². The highest BCUT2D eigenvalue weighted by atomic mass is 16.2. The van der Waals surface area contributed by atoms with Gasteiger partial charge in [-0.1, -0.05) is 6.58 Å². The summed E-state index contributed by atoms with van der Waals surface area (Å²) in [5, 5.41) is 26.1. The lowest BCUT2D eigenvalue weighted by atomic mass is 10.3. The monoisotopic (exact) mass is 226 g/mol. The highest BCUT2D eigenvalue weighted by molar-refractivity contribution is 4.83. The maximum atomic E-state index is 8.70. The van der Waals surface area contributed by atoms with Crippen LogP contribution in [0.25, 0.3) is 0 Å². The molecule has 0 atom stereocenters. The molecular weight excluding hydrogens is 206 g/mol. The van der Waals surface area contributed by atoms with Crippen molar-refractivity contribution in [1.82, 2.24) is 0 Å². The Balaban J connectivity index is 4.77. The molecule has 90 valence electrons. The molecule has 0 aromatic heterocycles. The van der Waals surface area contributed by atoms with Crippen molar-refractivity contribution in [3.8, 4) is 0 Å². The van der Waals surface area contributed by atoms with Crippen molar-refractivity contribution < 1.29 is 19.8 Å². The van der Waals surface area contributed by atoms with Gasteiger partial charge in [-0.2, -0.15) is 0 Å². The van der Waals surface area contributed by atoms with E-state index in [0.717, 1.165) is 18.8 Å². The number of hydrogen-bond donors (Lipinski definition) is 3. The number of aliphatic hydroxyl groups is 3. The molecule has 0 unspecified atom stereocenters. The van der Waals surface area contributed by atoms with Gasteiger partial charge in [0.2, 0.25) is 0 Å². The van der Waals surface area contributed by atoms with Crippen LogP contribution in [0.4, 0.5) is 0 Å². The van der Waals surface area contributed by atoms with Gasteiger partial charge in [0, 0.05) is 18.2 Å². The van der Waals surface area contributed by atoms with Crippen LogP contribution in [0.3, 0.4) is 0 Å². The fourth-order valence-electron chi connectivity index (χ4n) is 1.53. The Kier molecular flexibility index (Phi) is 7.71. The minimum absolute atomic E-state index is 0.550. The van der Waals surface area contributed by atoms with Crippen molar-refractivity contribution in [1.29, 1.82) is 0 Å². The second-order valence-corrected chi connectivity index (χ2v) is 3.51. The smallest absolute Gasteiger partial charge is 0.101 e. The van der Waals surface area contributed by atoms with Crippen LogP contribution < -0.4 is 0 Å². The Bertz CT molecular complexity index is 233. The lowest BCUT2D eigenvalue weighted by molar-refractivity contribution is -0.906. The first kappa shape index (κ1) is 14.3. The maximum absolute atomic E-state index is 8.70. The molecule has 0 bridgehead atoms. The fourth-order valence-corrected chi connectivity index (χ4v) is 1.53. The summed E-state index contributed by atoms with van der Waals surface area (Å²) >= 11 is 0. The third-order valence-electron chi connectivity index (χ3n) is 2.31. The summed E-state index contributed by atoms with van der Waals surface area (Å²) in [6.45, 7) is 6.16. The molecule has 0 saturated carbocycles. The molecule has 0 aliphatic carbocycles. The third kappa shape index (κ3) is 5.26. The van der Waals surface area contributed by atoms with E-state index in [1.807, 2.05) is 0 Å². The van der Waals surface area contributed by atoms with Crippen LogP contribution in [-0.4, -0.2) is 46.0 Å². The van der Waals surface area contributed by atoms with E-state index < -0.39 is 0 Å². The van der Waals surface area contributed by atoms with E-state index in [9.17, 15) is 0 Å². The van der Waals surface area contributed by atoms with Crippen molar-refractivity contribution in [2.75, 3.05) is 26.2 Å². The van der Waals surface area contributed by atoms with Crippen LogP contribution in [0.1, 0.15) is 0 Å². The summed E-state index contributed by atoms with van der Waals surface area (Å²) in [6, 6.07) is 0. The molecule has 4 heteroatoms. The molecule has 0 rings (SSSR count). The zero-order chi connectivity index (χ0) is 12.3. The Morgan fingerprint density at radius 1 is 0.750 bits per heavy atom. The molecule has 0 radical (unpaired) electrons. The summed E-state index contributed by atoms with van der Waals surface area (Å²) in [4.78, 5) is 0. The van der Waals surface area contributed by atoms with Crippen LogP contribution in [0, 0.1) is 0 Å². The predicted molar refractivity (Wildman–Crippen MR) is 65.2 cm³/mol. The minimum Gasteiger partial charge on any atom is -0.516 e. The van der Waals surface area contributed by atoms with Gasteiger partial charge in [-0.05, 0) is 6.08 Å². The molecule has 0 aromatic rings. The lowest BCUT2D eigenvalue weighted by Crippen LogP contribution is -2.48. The Hall–Kier alpha value is -1.68. The summed E-state index contributed by atoms with van der Waals surface area (Å²) in [6.07, 6.45) is 9.70. The lowest BCUT2D eigenvalue weighted by Gasteiger charge is -2.34. The van der Waals surface area contributed by atoms with Gasteiger partial charge in [0.25, 0.3) is 0 Å². The molecule has 0 aliphatic rings. The van der Waals surface area contributed by atoms with Gasteiger partial charge >= 0.3 is 0 Å². The molecular formula is C12H20NO3+. The Labute approximate surface area is 96.3 Å². The van der Waals surface area contributed by atoms with Crippen LogP contribution in [-0.2, 0) is 0 Å². The minimum atomic E-state index is 0.550. The van der Waals surface area contributed by atoms with E-state index >= 15 is 0 Å². The average molecular weight is 226 g/mol. The van der Waals surface area contributed by atoms with E-state index in [1.54, 1.807) is 24.3 Å². The van der Waals surface area contributed by atoms with Crippen molar-refractivity contribution in [3.63, 3.8) is 0 Å². The largest absolute Gasteiger partial charge is 0.516 e. The molecule has 0 amide bonds. The molecule has 0 aliphatic heterocycles. The van der Waals surface area contributed by atoms with Gasteiger partial charge in [-0.3, -0.25) is 0 Å². The highest BCUT2D eigenvalue weighted by Crippen LogP contribution is 2.08. The molecule has 4 nitrogen and oxygen atoms in total. The number of rotatable bonds is 8. The molecule has 0 saturated heterocycles. The van der Waals surface area contributed by atoms with Crippen molar-refractivity contribution in [2.24, 2.45) is 0 Å². The van der Waals surface area contributed by atoms with Gasteiger partial charge in [-0.25, -0.2) is 0 Å². The van der Waals surface area contributed by atoms with Gasteiger partial charge in [0.1, 0.15) is 19.6 Å². The van der Waals surface area contributed by atoms with Crippen molar-refractivity contribution in [2.45, 2.75) is 0 Å². The van der Waals surface area contributed by atoms with Gasteiger partial charge in [0.15, 0.2) is 0 Å². The average Bonchev–Trinajstić information content (AvgIpc) is 2.31. The normalized spacial score (nSPS) is 16.0. The SMILES string of the molecule is C=CC[N+](CC=CO)(CC=CO)CC=CO. The van der Waals surface area contributed by atoms with E-state index in [4.69, 9.17) is 15.3 Å². The Morgan fingerprint density at radius 2 is 1.12 bits per heavy atom. The first-order valence-electron chi connectivity index (χ1n) is 5.08. The second-order valence-electron chi connectivity index (χ2n) is 3.51. The fraction of sp³-hybridized carbons (Fsp3) is 0.333. The maximum Gasteiger partial charge on any atom is 0.101 e. The van der Waals surface area contributed by atoms with E-state index in [0.29, 0.717) is 30.7 Å². The molecule has 0 aromatic carbocycles. The number of hydrogen-bond acceptors (Lipinski definition) is 3. The molecule has 0 fully saturated rings. The zero-order valence-electron chi connectivity index (χ0n) is 9.37. The van der Waals surface area contributed by atoms with Crippen LogP contribution in [0.2, 0.25) is 0 Å². The predicted octanol–water partition coefficient (Wildman–Crippen LogP) is 2.20. The summed E-state index contributed by atoms with van der Waals surface area (Å²) < 4.78 is 0.550. The first-order valence-corrected chi connectivity index (χ1v) is 5.08. The van der Waals surface area contributed by atoms with Crippen molar-refractivity contribution >= 4 is 0 Å². The summed E-state index contributed by atoms with van der Waals surface area (Å²) in [5.74, 6) is 0. The van der Waals surface area contributed by atoms with Crippen molar-refractivity contribution in [3.05, 3.63) is 49.7 Å². The molecule has 0 heterocycles. The quantitative estimate of drug-likeness (QED) is 0.338. The first-order chi connectivity index (χ1) is 7.74. The topological polar surface area (TPSA) is 60.7 Å². The van der Waals surface area contributed by atoms with Crippen LogP contribution in [0.15, 0.2) is 49.7 Å². The summed E-state index contributed by atoms with van der Waals surface area (Å²) in [5.41, 5.74) is 0. The van der Waals surface area contributed by atoms with Gasteiger partial charge < -0.3 is 19.8 Å². The van der Waals surface area contributed by atoms with Crippen LogP contribution >= 0.6 is 0 Å². The van der Waals surface area contributed by atoms with E-state index in [-0.39, 0.29) is 0 Å². The third-order valence-corrected chi connectivity index (χ3v) is 2.31. The van der Waals surface area contributed by atoms with E-state index in [2.05, 4.69) is 6.58 Å². The summed E-state index contributed by atoms with van der Waals surface area (Å²) in [7, 11) is 0. The zero-order valence-corrected chi connectivity index (χ0v) is 9.37. The number of aliphatic hydroxyl groups excluding tert-OH is 3. The number of quaternary nitrogens is 1. The van der Waals surface area contributed by atoms with Crippen LogP contribution in [0.5, 0.6) is 0 Å². The molecule has 3 N–H and O–H groups in total. The second kappa shape index (κ2) is 8.61. The standard InChI is InChI=1S/C12H19NO3/c1-2-6-13(7-3-10-14,8-4-11-15)9-5-12-16/h2-5,10-12H,1,6-9H2,(H2-,14,15,16)/p+1. The number of nitrogens with zero attached hydrogens (tertiary/aromatic N) is 1. The Morgan fingerprint density at radius 3 is 1.38 bits per heavy atom. The van der Waals surface area contributed by atoms with E-state index in [1.165, 1.54) is 0 Å². The highest BCUT2D eigenvalue weighted by Gasteiger charge is 2.21. The molecule has 16 heavy (non-hydrogen) atoms. The van der Waals surface area contributed by atoms with Gasteiger partial charge in [-0.15, -0.1) is 0 Å². The molecule has 0 spiro atoms.